The van der Waals surface area contributed by atoms with Crippen molar-refractivity contribution in [3.8, 4) is 0 Å². The number of halogens is 1. The Hall–Kier alpha value is -2.74. The molecule has 8 heteroatoms. The highest BCUT2D eigenvalue weighted by molar-refractivity contribution is 9.10. The predicted molar refractivity (Wildman–Crippen MR) is 105 cm³/mol. The Labute approximate surface area is 165 Å². The molecule has 2 N–H and O–H groups in total. The van der Waals surface area contributed by atoms with Gasteiger partial charge in [0.25, 0.3) is 11.6 Å². The van der Waals surface area contributed by atoms with Crippen LogP contribution in [-0.2, 0) is 10.3 Å². The second-order valence-corrected chi connectivity index (χ2v) is 7.54. The number of rotatable bonds is 6. The molecule has 7 nitrogen and oxygen atoms in total. The van der Waals surface area contributed by atoms with Crippen LogP contribution in [0, 0.1) is 10.1 Å². The summed E-state index contributed by atoms with van der Waals surface area (Å²) in [6, 6.07) is 12.1. The lowest BCUT2D eigenvalue weighted by Gasteiger charge is -2.29. The van der Waals surface area contributed by atoms with E-state index in [-0.39, 0.29) is 17.2 Å². The fraction of sp³-hybridized carbons (Fsp3) is 0.263. The van der Waals surface area contributed by atoms with E-state index in [1.54, 1.807) is 6.92 Å². The fourth-order valence-electron chi connectivity index (χ4n) is 2.46. The highest BCUT2D eigenvalue weighted by Crippen LogP contribution is 2.22. The van der Waals surface area contributed by atoms with Crippen LogP contribution in [0.2, 0.25) is 0 Å². The van der Waals surface area contributed by atoms with Crippen molar-refractivity contribution in [3.05, 3.63) is 74.2 Å². The van der Waals surface area contributed by atoms with Gasteiger partial charge in [0, 0.05) is 22.2 Å². The van der Waals surface area contributed by atoms with Gasteiger partial charge in [-0.05, 0) is 44.5 Å². The minimum atomic E-state index is -0.813. The van der Waals surface area contributed by atoms with Crippen LogP contribution in [0.1, 0.15) is 36.7 Å². The summed E-state index contributed by atoms with van der Waals surface area (Å²) in [4.78, 5) is 35.0. The summed E-state index contributed by atoms with van der Waals surface area (Å²) in [5.41, 5.74) is 0.214. The van der Waals surface area contributed by atoms with Crippen molar-refractivity contribution in [3.63, 3.8) is 0 Å². The van der Waals surface area contributed by atoms with Crippen molar-refractivity contribution in [2.24, 2.45) is 0 Å². The van der Waals surface area contributed by atoms with Crippen LogP contribution in [0.4, 0.5) is 5.69 Å². The molecular weight excluding hydrogens is 414 g/mol. The van der Waals surface area contributed by atoms with Gasteiger partial charge in [-0.2, -0.15) is 0 Å². The molecule has 0 fully saturated rings. The maximum absolute atomic E-state index is 12.5. The molecule has 0 aromatic heterocycles. The molecule has 0 heterocycles. The van der Waals surface area contributed by atoms with Gasteiger partial charge >= 0.3 is 0 Å². The minimum Gasteiger partial charge on any atom is -0.345 e. The first-order valence-electron chi connectivity index (χ1n) is 8.23. The second-order valence-electron chi connectivity index (χ2n) is 6.62. The van der Waals surface area contributed by atoms with Gasteiger partial charge in [-0.3, -0.25) is 19.7 Å². The average Bonchev–Trinajstić information content (AvgIpc) is 2.61. The van der Waals surface area contributed by atoms with Crippen molar-refractivity contribution in [2.45, 2.75) is 32.4 Å². The van der Waals surface area contributed by atoms with Crippen LogP contribution in [0.5, 0.6) is 0 Å². The van der Waals surface area contributed by atoms with E-state index < -0.39 is 22.4 Å². The summed E-state index contributed by atoms with van der Waals surface area (Å²) in [5.74, 6) is -0.913. The highest BCUT2D eigenvalue weighted by Gasteiger charge is 2.26. The third-order valence-corrected chi connectivity index (χ3v) is 4.59. The Morgan fingerprint density at radius 3 is 2.37 bits per heavy atom. The van der Waals surface area contributed by atoms with Gasteiger partial charge in [0.15, 0.2) is 0 Å². The van der Waals surface area contributed by atoms with E-state index in [0.29, 0.717) is 0 Å². The minimum absolute atomic E-state index is 0.121. The summed E-state index contributed by atoms with van der Waals surface area (Å²) >= 11 is 3.37. The summed E-state index contributed by atoms with van der Waals surface area (Å²) in [7, 11) is 0. The van der Waals surface area contributed by atoms with Crippen LogP contribution < -0.4 is 10.6 Å². The maximum atomic E-state index is 12.5. The molecule has 0 bridgehead atoms. The fourth-order valence-corrected chi connectivity index (χ4v) is 2.73. The third kappa shape index (κ3) is 5.37. The quantitative estimate of drug-likeness (QED) is 0.537. The van der Waals surface area contributed by atoms with Gasteiger partial charge in [0.1, 0.15) is 6.04 Å². The number of nitro groups is 1. The Balaban J connectivity index is 2.04. The van der Waals surface area contributed by atoms with Crippen LogP contribution >= 0.6 is 15.9 Å². The Bertz CT molecular complexity index is 866. The standard InChI is InChI=1S/C19H20BrN3O4/c1-12(21-18(25)13-5-4-6-16(11-13)23(26)27)17(24)22-19(2,3)14-7-9-15(20)10-8-14/h4-12H,1-3H3,(H,21,25)(H,22,24). The van der Waals surface area contributed by atoms with E-state index in [2.05, 4.69) is 26.6 Å². The van der Waals surface area contributed by atoms with E-state index in [1.807, 2.05) is 38.1 Å². The first-order valence-corrected chi connectivity index (χ1v) is 9.03. The molecule has 1 atom stereocenters. The van der Waals surface area contributed by atoms with E-state index in [4.69, 9.17) is 0 Å². The molecule has 0 spiro atoms. The average molecular weight is 434 g/mol. The number of nitrogens with one attached hydrogen (secondary N) is 2. The van der Waals surface area contributed by atoms with E-state index in [0.717, 1.165) is 10.0 Å². The lowest BCUT2D eigenvalue weighted by molar-refractivity contribution is -0.384. The first-order chi connectivity index (χ1) is 12.6. The van der Waals surface area contributed by atoms with Crippen LogP contribution in [0.25, 0.3) is 0 Å². The smallest absolute Gasteiger partial charge is 0.270 e. The van der Waals surface area contributed by atoms with E-state index in [9.17, 15) is 19.7 Å². The molecule has 2 rings (SSSR count). The molecule has 0 radical (unpaired) electrons. The van der Waals surface area contributed by atoms with Gasteiger partial charge < -0.3 is 10.6 Å². The normalized spacial score (nSPS) is 12.1. The molecule has 0 saturated carbocycles. The molecule has 2 aromatic carbocycles. The molecule has 2 aromatic rings. The Morgan fingerprint density at radius 1 is 1.15 bits per heavy atom. The van der Waals surface area contributed by atoms with Crippen molar-refractivity contribution in [1.29, 1.82) is 0 Å². The third-order valence-electron chi connectivity index (χ3n) is 4.06. The number of nitro benzene ring substituents is 1. The van der Waals surface area contributed by atoms with Crippen LogP contribution in [-0.4, -0.2) is 22.8 Å². The Morgan fingerprint density at radius 2 is 1.78 bits per heavy atom. The van der Waals surface area contributed by atoms with Crippen LogP contribution in [0.3, 0.4) is 0 Å². The van der Waals surface area contributed by atoms with Gasteiger partial charge in [-0.25, -0.2) is 0 Å². The van der Waals surface area contributed by atoms with Gasteiger partial charge in [0.05, 0.1) is 10.5 Å². The number of non-ortho nitro benzene ring substituents is 1. The largest absolute Gasteiger partial charge is 0.345 e. The predicted octanol–water partition coefficient (Wildman–Crippen LogP) is 3.53. The number of hydrogen-bond donors (Lipinski definition) is 2. The summed E-state index contributed by atoms with van der Waals surface area (Å²) < 4.78 is 0.936. The van der Waals surface area contributed by atoms with Crippen molar-refractivity contribution in [1.82, 2.24) is 10.6 Å². The lowest BCUT2D eigenvalue weighted by atomic mass is 9.94. The second kappa shape index (κ2) is 8.30. The number of nitrogens with zero attached hydrogens (tertiary/aromatic N) is 1. The molecule has 0 aliphatic heterocycles. The molecule has 0 aliphatic carbocycles. The molecule has 2 amide bonds. The molecule has 0 aliphatic rings. The van der Waals surface area contributed by atoms with E-state index in [1.165, 1.54) is 24.3 Å². The number of carbonyl (C=O) groups excluding carboxylic acids is 2. The number of hydrogen-bond acceptors (Lipinski definition) is 4. The van der Waals surface area contributed by atoms with Crippen molar-refractivity contribution >= 4 is 33.4 Å². The highest BCUT2D eigenvalue weighted by atomic mass is 79.9. The Kier molecular flexibility index (Phi) is 6.32. The topological polar surface area (TPSA) is 101 Å². The van der Waals surface area contributed by atoms with Crippen molar-refractivity contribution in [2.75, 3.05) is 0 Å². The SMILES string of the molecule is CC(NC(=O)c1cccc([N+](=O)[O-])c1)C(=O)NC(C)(C)c1ccc(Br)cc1. The summed E-state index contributed by atoms with van der Waals surface area (Å²) in [5, 5.41) is 16.3. The van der Waals surface area contributed by atoms with Crippen LogP contribution in [0.15, 0.2) is 53.0 Å². The monoisotopic (exact) mass is 433 g/mol. The number of amides is 2. The van der Waals surface area contributed by atoms with Gasteiger partial charge in [-0.1, -0.05) is 34.1 Å². The number of carbonyl (C=O) groups is 2. The van der Waals surface area contributed by atoms with Gasteiger partial charge in [-0.15, -0.1) is 0 Å². The van der Waals surface area contributed by atoms with E-state index >= 15 is 0 Å². The summed E-state index contributed by atoms with van der Waals surface area (Å²) in [6.45, 7) is 5.29. The zero-order valence-electron chi connectivity index (χ0n) is 15.2. The maximum Gasteiger partial charge on any atom is 0.270 e. The molecule has 1 unspecified atom stereocenters. The first kappa shape index (κ1) is 20.6. The molecule has 27 heavy (non-hydrogen) atoms. The number of benzene rings is 2. The van der Waals surface area contributed by atoms with Crippen molar-refractivity contribution < 1.29 is 14.5 Å². The molecule has 142 valence electrons. The zero-order chi connectivity index (χ0) is 20.2. The van der Waals surface area contributed by atoms with Gasteiger partial charge in [0.2, 0.25) is 5.91 Å². The molecular formula is C19H20BrN3O4. The molecule has 0 saturated heterocycles. The summed E-state index contributed by atoms with van der Waals surface area (Å²) in [6.07, 6.45) is 0. The zero-order valence-corrected chi connectivity index (χ0v) is 16.7. The lowest BCUT2D eigenvalue weighted by Crippen LogP contribution is -2.50.